The minimum atomic E-state index is -1.12. The number of nitrogens with zero attached hydrogens (tertiary/aromatic N) is 2. The molecule has 2 heterocycles. The van der Waals surface area contributed by atoms with Crippen molar-refractivity contribution in [1.82, 2.24) is 9.88 Å². The molecule has 3 N–H and O–H groups in total. The molecule has 1 fully saturated rings. The summed E-state index contributed by atoms with van der Waals surface area (Å²) in [5, 5.41) is 29.6. The second kappa shape index (κ2) is 8.32. The number of hydrogen-bond acceptors (Lipinski definition) is 6. The topological polar surface area (TPSA) is 120 Å². The lowest BCUT2D eigenvalue weighted by molar-refractivity contribution is -0.157. The van der Waals surface area contributed by atoms with Crippen molar-refractivity contribution in [2.24, 2.45) is 11.8 Å². The van der Waals surface area contributed by atoms with E-state index in [1.165, 1.54) is 0 Å². The number of fused-ring (bicyclic) bond motifs is 1. The molecule has 3 rings (SSSR count). The number of β-amino-alcohol motifs (C(OH)–C–C–N with tert-alkyl or cyclic N) is 1. The summed E-state index contributed by atoms with van der Waals surface area (Å²) in [4.78, 5) is 28.6. The molecule has 0 radical (unpaired) electrons. The summed E-state index contributed by atoms with van der Waals surface area (Å²) in [6.45, 7) is 0.793. The highest BCUT2D eigenvalue weighted by molar-refractivity contribution is 5.84. The van der Waals surface area contributed by atoms with Crippen LogP contribution in [0.5, 0.6) is 5.75 Å². The number of likely N-dealkylation sites (tertiary alicyclic amines) is 1. The van der Waals surface area contributed by atoms with E-state index < -0.39 is 29.9 Å². The average molecular weight is 374 g/mol. The van der Waals surface area contributed by atoms with Crippen LogP contribution in [0.4, 0.5) is 0 Å². The number of hydrogen-bond donors (Lipinski definition) is 3. The van der Waals surface area contributed by atoms with Crippen molar-refractivity contribution in [2.45, 2.75) is 12.5 Å². The van der Waals surface area contributed by atoms with Crippen LogP contribution in [0.3, 0.4) is 0 Å². The number of rotatable bonds is 7. The Kier molecular flexibility index (Phi) is 5.88. The number of aliphatic hydroxyl groups excluding tert-OH is 1. The monoisotopic (exact) mass is 374 g/mol. The maximum Gasteiger partial charge on any atom is 0.308 e. The largest absolute Gasteiger partial charge is 0.490 e. The molecule has 0 aliphatic carbocycles. The average Bonchev–Trinajstić information content (AvgIpc) is 2.66. The van der Waals surface area contributed by atoms with Crippen molar-refractivity contribution < 1.29 is 29.6 Å². The van der Waals surface area contributed by atoms with E-state index in [2.05, 4.69) is 4.98 Å². The van der Waals surface area contributed by atoms with Crippen LogP contribution in [0.2, 0.25) is 0 Å². The zero-order valence-electron chi connectivity index (χ0n) is 14.7. The van der Waals surface area contributed by atoms with Crippen molar-refractivity contribution in [3.05, 3.63) is 36.5 Å². The summed E-state index contributed by atoms with van der Waals surface area (Å²) in [6.07, 6.45) is 1.11. The second-order valence-corrected chi connectivity index (χ2v) is 6.73. The molecule has 1 aliphatic rings. The summed E-state index contributed by atoms with van der Waals surface area (Å²) in [6, 6.07) is 9.19. The molecule has 144 valence electrons. The highest BCUT2D eigenvalue weighted by atomic mass is 16.5. The summed E-state index contributed by atoms with van der Waals surface area (Å²) < 4.78 is 5.73. The van der Waals surface area contributed by atoms with E-state index in [0.29, 0.717) is 12.3 Å². The highest BCUT2D eigenvalue weighted by Crippen LogP contribution is 2.26. The van der Waals surface area contributed by atoms with Gasteiger partial charge in [0.15, 0.2) is 0 Å². The number of carboxylic acid groups (broad SMARTS) is 2. The van der Waals surface area contributed by atoms with Crippen LogP contribution in [0.1, 0.15) is 6.42 Å². The van der Waals surface area contributed by atoms with E-state index in [9.17, 15) is 19.8 Å². The third-order valence-corrected chi connectivity index (χ3v) is 4.84. The Labute approximate surface area is 156 Å². The smallest absolute Gasteiger partial charge is 0.308 e. The molecule has 0 unspecified atom stereocenters. The molecule has 1 aromatic heterocycles. The first kappa shape index (κ1) is 19.1. The summed E-state index contributed by atoms with van der Waals surface area (Å²) >= 11 is 0. The lowest BCUT2D eigenvalue weighted by atomic mass is 9.85. The quantitative estimate of drug-likeness (QED) is 0.659. The van der Waals surface area contributed by atoms with Gasteiger partial charge in [-0.15, -0.1) is 0 Å². The predicted octanol–water partition coefficient (Wildman–Crippen LogP) is 1.08. The van der Waals surface area contributed by atoms with Crippen LogP contribution < -0.4 is 4.74 Å². The van der Waals surface area contributed by atoms with E-state index in [0.717, 1.165) is 10.9 Å². The SMILES string of the molecule is O=C(O)[C@@H]1CCN(C[C@@H](O)COc2cccc3ncccc23)C[C@H]1C(=O)O. The highest BCUT2D eigenvalue weighted by Gasteiger charge is 2.39. The Hall–Kier alpha value is -2.71. The number of pyridine rings is 1. The minimum absolute atomic E-state index is 0.0462. The van der Waals surface area contributed by atoms with Crippen LogP contribution in [-0.4, -0.2) is 69.5 Å². The molecule has 0 amide bonds. The van der Waals surface area contributed by atoms with Crippen molar-refractivity contribution in [2.75, 3.05) is 26.2 Å². The van der Waals surface area contributed by atoms with Gasteiger partial charge >= 0.3 is 11.9 Å². The number of benzene rings is 1. The maximum absolute atomic E-state index is 11.4. The van der Waals surface area contributed by atoms with Crippen LogP contribution in [0.25, 0.3) is 10.9 Å². The first-order chi connectivity index (χ1) is 13.0. The minimum Gasteiger partial charge on any atom is -0.490 e. The van der Waals surface area contributed by atoms with Gasteiger partial charge in [-0.1, -0.05) is 6.07 Å². The summed E-state index contributed by atoms with van der Waals surface area (Å²) in [5.74, 6) is -3.46. The van der Waals surface area contributed by atoms with Gasteiger partial charge in [-0.3, -0.25) is 19.5 Å². The maximum atomic E-state index is 11.4. The molecule has 0 bridgehead atoms. The van der Waals surface area contributed by atoms with Gasteiger partial charge in [0, 0.05) is 24.7 Å². The van der Waals surface area contributed by atoms with E-state index in [1.54, 1.807) is 17.2 Å². The fraction of sp³-hybridized carbons (Fsp3) is 0.421. The van der Waals surface area contributed by atoms with Gasteiger partial charge in [-0.05, 0) is 37.2 Å². The molecule has 2 aromatic rings. The molecular weight excluding hydrogens is 352 g/mol. The van der Waals surface area contributed by atoms with Gasteiger partial charge in [0.25, 0.3) is 0 Å². The molecule has 27 heavy (non-hydrogen) atoms. The van der Waals surface area contributed by atoms with E-state index in [4.69, 9.17) is 9.84 Å². The number of aliphatic carboxylic acids is 2. The van der Waals surface area contributed by atoms with Crippen molar-refractivity contribution >= 4 is 22.8 Å². The fourth-order valence-electron chi connectivity index (χ4n) is 3.47. The number of ether oxygens (including phenoxy) is 1. The number of piperidine rings is 1. The zero-order valence-corrected chi connectivity index (χ0v) is 14.7. The molecule has 1 saturated heterocycles. The van der Waals surface area contributed by atoms with Crippen LogP contribution in [-0.2, 0) is 9.59 Å². The van der Waals surface area contributed by atoms with Crippen molar-refractivity contribution in [1.29, 1.82) is 0 Å². The molecule has 1 aliphatic heterocycles. The van der Waals surface area contributed by atoms with Crippen molar-refractivity contribution in [3.8, 4) is 5.75 Å². The Morgan fingerprint density at radius 2 is 1.96 bits per heavy atom. The Bertz CT molecular complexity index is 821. The molecule has 3 atom stereocenters. The normalized spacial score (nSPS) is 21.7. The van der Waals surface area contributed by atoms with E-state index in [-0.39, 0.29) is 26.1 Å². The Morgan fingerprint density at radius 1 is 1.19 bits per heavy atom. The summed E-state index contributed by atoms with van der Waals surface area (Å²) in [7, 11) is 0. The Morgan fingerprint density at radius 3 is 2.70 bits per heavy atom. The number of carbonyl (C=O) groups is 2. The summed E-state index contributed by atoms with van der Waals surface area (Å²) in [5.41, 5.74) is 0.796. The van der Waals surface area contributed by atoms with Gasteiger partial charge in [0.05, 0.1) is 17.4 Å². The fourth-order valence-corrected chi connectivity index (χ4v) is 3.47. The lowest BCUT2D eigenvalue weighted by Gasteiger charge is -2.35. The standard InChI is InChI=1S/C19H22N2O6/c22-12(9-21-8-6-13(18(23)24)15(10-21)19(25)26)11-27-17-5-1-4-16-14(17)3-2-7-20-16/h1-5,7,12-13,15,22H,6,8-11H2,(H,23,24)(H,25,26)/t12-,13-,15-/m1/s1. The third-order valence-electron chi connectivity index (χ3n) is 4.84. The third kappa shape index (κ3) is 4.53. The van der Waals surface area contributed by atoms with E-state index >= 15 is 0 Å². The molecule has 1 aromatic carbocycles. The molecule has 8 nitrogen and oxygen atoms in total. The van der Waals surface area contributed by atoms with Crippen LogP contribution in [0, 0.1) is 11.8 Å². The first-order valence-corrected chi connectivity index (χ1v) is 8.78. The van der Waals surface area contributed by atoms with Crippen LogP contribution >= 0.6 is 0 Å². The Balaban J connectivity index is 1.57. The second-order valence-electron chi connectivity index (χ2n) is 6.73. The molecule has 0 saturated carbocycles. The van der Waals surface area contributed by atoms with Gasteiger partial charge < -0.3 is 20.1 Å². The van der Waals surface area contributed by atoms with Gasteiger partial charge in [0.1, 0.15) is 18.5 Å². The zero-order chi connectivity index (χ0) is 19.4. The number of aliphatic hydroxyl groups is 1. The molecule has 8 heteroatoms. The van der Waals surface area contributed by atoms with Crippen molar-refractivity contribution in [3.63, 3.8) is 0 Å². The van der Waals surface area contributed by atoms with Gasteiger partial charge in [0.2, 0.25) is 0 Å². The predicted molar refractivity (Wildman–Crippen MR) is 96.6 cm³/mol. The van der Waals surface area contributed by atoms with Gasteiger partial charge in [-0.25, -0.2) is 0 Å². The lowest BCUT2D eigenvalue weighted by Crippen LogP contribution is -2.49. The number of aromatic nitrogens is 1. The molecular formula is C19H22N2O6. The first-order valence-electron chi connectivity index (χ1n) is 8.78. The van der Waals surface area contributed by atoms with E-state index in [1.807, 2.05) is 24.3 Å². The van der Waals surface area contributed by atoms with Crippen LogP contribution in [0.15, 0.2) is 36.5 Å². The van der Waals surface area contributed by atoms with Gasteiger partial charge in [-0.2, -0.15) is 0 Å². The number of carboxylic acids is 2. The molecule has 0 spiro atoms.